The predicted molar refractivity (Wildman–Crippen MR) is 105 cm³/mol. The van der Waals surface area contributed by atoms with Gasteiger partial charge in [-0.1, -0.05) is 15.9 Å². The molecular formula is C20H15BrN2O4. The molecule has 1 amide bonds. The van der Waals surface area contributed by atoms with Crippen LogP contribution in [0.15, 0.2) is 45.8 Å². The number of carbonyl (C=O) groups is 1. The molecule has 3 aromatic rings. The minimum Gasteiger partial charge on any atom is -0.454 e. The third-order valence-corrected chi connectivity index (χ3v) is 5.49. The van der Waals surface area contributed by atoms with Gasteiger partial charge in [-0.2, -0.15) is 0 Å². The van der Waals surface area contributed by atoms with E-state index in [-0.39, 0.29) is 23.8 Å². The van der Waals surface area contributed by atoms with Gasteiger partial charge in [0.2, 0.25) is 12.2 Å². The Bertz CT molecular complexity index is 1180. The Labute approximate surface area is 162 Å². The molecule has 2 aromatic carbocycles. The van der Waals surface area contributed by atoms with E-state index in [4.69, 9.17) is 9.47 Å². The van der Waals surface area contributed by atoms with E-state index in [1.54, 1.807) is 30.5 Å². The van der Waals surface area contributed by atoms with Crippen LogP contribution in [0.5, 0.6) is 11.5 Å². The predicted octanol–water partition coefficient (Wildman–Crippen LogP) is 3.86. The van der Waals surface area contributed by atoms with Gasteiger partial charge >= 0.3 is 0 Å². The zero-order valence-corrected chi connectivity index (χ0v) is 16.0. The van der Waals surface area contributed by atoms with Crippen LogP contribution in [-0.2, 0) is 6.42 Å². The highest BCUT2D eigenvalue weighted by atomic mass is 79.9. The molecule has 1 N–H and O–H groups in total. The fourth-order valence-electron chi connectivity index (χ4n) is 3.80. The van der Waals surface area contributed by atoms with Crippen LogP contribution in [0.4, 0.5) is 5.69 Å². The Hall–Kier alpha value is -2.80. The monoisotopic (exact) mass is 426 g/mol. The van der Waals surface area contributed by atoms with Crippen LogP contribution < -0.4 is 20.2 Å². The van der Waals surface area contributed by atoms with Crippen molar-refractivity contribution in [1.29, 1.82) is 0 Å². The lowest BCUT2D eigenvalue weighted by Gasteiger charge is -2.13. The topological polar surface area (TPSA) is 69.6 Å². The number of nitrogens with one attached hydrogen (secondary N) is 1. The lowest BCUT2D eigenvalue weighted by molar-refractivity contribution is 0.102. The number of amides is 1. The van der Waals surface area contributed by atoms with Crippen molar-refractivity contribution in [3.8, 4) is 11.5 Å². The molecule has 1 atom stereocenters. The first-order chi connectivity index (χ1) is 13.0. The first-order valence-electron chi connectivity index (χ1n) is 8.59. The average molecular weight is 427 g/mol. The van der Waals surface area contributed by atoms with Gasteiger partial charge < -0.3 is 19.4 Å². The Balaban J connectivity index is 1.58. The quantitative estimate of drug-likeness (QED) is 0.675. The van der Waals surface area contributed by atoms with E-state index in [2.05, 4.69) is 28.2 Å². The SMILES string of the molecule is C[C@@H]1Cc2cc(Br)cc3c(=O)c(C(=O)Nc4ccc5c(c4)OCO5)cn1c23. The molecule has 0 saturated heterocycles. The molecule has 0 saturated carbocycles. The molecule has 2 aliphatic heterocycles. The van der Waals surface area contributed by atoms with Crippen LogP contribution in [0.25, 0.3) is 10.9 Å². The van der Waals surface area contributed by atoms with Crippen LogP contribution in [0.3, 0.4) is 0 Å². The summed E-state index contributed by atoms with van der Waals surface area (Å²) in [5, 5.41) is 3.35. The minimum absolute atomic E-state index is 0.123. The fourth-order valence-corrected chi connectivity index (χ4v) is 4.30. The van der Waals surface area contributed by atoms with Crippen LogP contribution >= 0.6 is 15.9 Å². The third kappa shape index (κ3) is 2.53. The second-order valence-corrected chi connectivity index (χ2v) is 7.73. The van der Waals surface area contributed by atoms with Crippen molar-refractivity contribution < 1.29 is 14.3 Å². The average Bonchev–Trinajstić information content (AvgIpc) is 3.21. The van der Waals surface area contributed by atoms with E-state index >= 15 is 0 Å². The second-order valence-electron chi connectivity index (χ2n) is 6.82. The van der Waals surface area contributed by atoms with E-state index in [9.17, 15) is 9.59 Å². The summed E-state index contributed by atoms with van der Waals surface area (Å²) in [6.07, 6.45) is 2.50. The number of pyridine rings is 1. The van der Waals surface area contributed by atoms with Crippen molar-refractivity contribution >= 4 is 38.4 Å². The number of hydrogen-bond donors (Lipinski definition) is 1. The lowest BCUT2D eigenvalue weighted by atomic mass is 10.1. The van der Waals surface area contributed by atoms with Gasteiger partial charge in [-0.05, 0) is 43.2 Å². The van der Waals surface area contributed by atoms with Gasteiger partial charge in [0.05, 0.1) is 5.52 Å². The molecule has 0 spiro atoms. The fraction of sp³-hybridized carbons (Fsp3) is 0.200. The maximum Gasteiger partial charge on any atom is 0.261 e. The molecule has 5 rings (SSSR count). The van der Waals surface area contributed by atoms with Crippen molar-refractivity contribution in [2.24, 2.45) is 0 Å². The van der Waals surface area contributed by atoms with Gasteiger partial charge in [0.15, 0.2) is 11.5 Å². The Morgan fingerprint density at radius 3 is 2.89 bits per heavy atom. The van der Waals surface area contributed by atoms with E-state index in [1.807, 2.05) is 10.6 Å². The van der Waals surface area contributed by atoms with Crippen molar-refractivity contribution in [3.63, 3.8) is 0 Å². The molecule has 27 heavy (non-hydrogen) atoms. The number of nitrogens with zero attached hydrogens (tertiary/aromatic N) is 1. The van der Waals surface area contributed by atoms with Gasteiger partial charge in [-0.3, -0.25) is 9.59 Å². The molecular weight excluding hydrogens is 412 g/mol. The highest BCUT2D eigenvalue weighted by molar-refractivity contribution is 9.10. The molecule has 0 radical (unpaired) electrons. The van der Waals surface area contributed by atoms with E-state index in [0.717, 1.165) is 22.0 Å². The molecule has 3 heterocycles. The largest absolute Gasteiger partial charge is 0.454 e. The smallest absolute Gasteiger partial charge is 0.261 e. The molecule has 0 unspecified atom stereocenters. The Kier molecular flexibility index (Phi) is 3.55. The summed E-state index contributed by atoms with van der Waals surface area (Å²) >= 11 is 3.47. The Morgan fingerprint density at radius 1 is 1.22 bits per heavy atom. The summed E-state index contributed by atoms with van der Waals surface area (Å²) in [5.74, 6) is 0.770. The van der Waals surface area contributed by atoms with Gasteiger partial charge in [0, 0.05) is 33.9 Å². The summed E-state index contributed by atoms with van der Waals surface area (Å²) in [5.41, 5.74) is 2.43. The standard InChI is InChI=1S/C20H15BrN2O4/c1-10-4-11-5-12(21)6-14-18(11)23(10)8-15(19(14)24)20(25)22-13-2-3-16-17(7-13)27-9-26-16/h2-3,5-8,10H,4,9H2,1H3,(H,22,25)/t10-/m1/s1. The maximum absolute atomic E-state index is 13.0. The number of anilines is 1. The van der Waals surface area contributed by atoms with Crippen molar-refractivity contribution in [3.05, 3.63) is 62.4 Å². The van der Waals surface area contributed by atoms with Crippen LogP contribution in [-0.4, -0.2) is 17.3 Å². The highest BCUT2D eigenvalue weighted by Crippen LogP contribution is 2.35. The number of aromatic nitrogens is 1. The summed E-state index contributed by atoms with van der Waals surface area (Å²) in [7, 11) is 0. The molecule has 0 fully saturated rings. The molecule has 136 valence electrons. The van der Waals surface area contributed by atoms with E-state index < -0.39 is 5.91 Å². The highest BCUT2D eigenvalue weighted by Gasteiger charge is 2.25. The van der Waals surface area contributed by atoms with Crippen LogP contribution in [0.1, 0.15) is 28.9 Å². The number of fused-ring (bicyclic) bond motifs is 1. The third-order valence-electron chi connectivity index (χ3n) is 5.03. The van der Waals surface area contributed by atoms with Crippen LogP contribution in [0.2, 0.25) is 0 Å². The number of hydrogen-bond acceptors (Lipinski definition) is 4. The number of halogens is 1. The number of rotatable bonds is 2. The molecule has 7 heteroatoms. The van der Waals surface area contributed by atoms with E-state index in [0.29, 0.717) is 22.6 Å². The number of benzene rings is 2. The first-order valence-corrected chi connectivity index (χ1v) is 9.39. The van der Waals surface area contributed by atoms with Gasteiger partial charge in [0.1, 0.15) is 5.56 Å². The lowest BCUT2D eigenvalue weighted by Crippen LogP contribution is -2.23. The minimum atomic E-state index is -0.440. The molecule has 1 aromatic heterocycles. The summed E-state index contributed by atoms with van der Waals surface area (Å²) in [6, 6.07) is 9.15. The number of carbonyl (C=O) groups excluding carboxylic acids is 1. The summed E-state index contributed by atoms with van der Waals surface area (Å²) in [4.78, 5) is 25.8. The maximum atomic E-state index is 13.0. The zero-order valence-electron chi connectivity index (χ0n) is 14.4. The molecule has 6 nitrogen and oxygen atoms in total. The zero-order chi connectivity index (χ0) is 18.7. The molecule has 2 aliphatic rings. The van der Waals surface area contributed by atoms with Gasteiger partial charge in [0.25, 0.3) is 5.91 Å². The van der Waals surface area contributed by atoms with Crippen LogP contribution in [0, 0.1) is 0 Å². The summed E-state index contributed by atoms with van der Waals surface area (Å²) in [6.45, 7) is 2.24. The molecule has 0 bridgehead atoms. The summed E-state index contributed by atoms with van der Waals surface area (Å²) < 4.78 is 13.5. The Morgan fingerprint density at radius 2 is 2.04 bits per heavy atom. The van der Waals surface area contributed by atoms with Gasteiger partial charge in [-0.25, -0.2) is 0 Å². The molecule has 0 aliphatic carbocycles. The van der Waals surface area contributed by atoms with Crippen molar-refractivity contribution in [2.75, 3.05) is 12.1 Å². The van der Waals surface area contributed by atoms with Crippen molar-refractivity contribution in [1.82, 2.24) is 4.57 Å². The van der Waals surface area contributed by atoms with Crippen molar-refractivity contribution in [2.45, 2.75) is 19.4 Å². The number of ether oxygens (including phenoxy) is 2. The second kappa shape index (κ2) is 5.85. The normalized spacial score (nSPS) is 16.7. The van der Waals surface area contributed by atoms with E-state index in [1.165, 1.54) is 0 Å². The van der Waals surface area contributed by atoms with Gasteiger partial charge in [-0.15, -0.1) is 0 Å². The first kappa shape index (κ1) is 16.4.